The first-order chi connectivity index (χ1) is 9.17. The Morgan fingerprint density at radius 2 is 2.15 bits per heavy atom. The lowest BCUT2D eigenvalue weighted by atomic mass is 10.2. The maximum Gasteiger partial charge on any atom is 0.191 e. The number of ether oxygens (including phenoxy) is 1. The molecular formula is C13H20BrClIN3O. The Balaban J connectivity index is 0.00000361. The van der Waals surface area contributed by atoms with Crippen LogP contribution in [0.3, 0.4) is 0 Å². The van der Waals surface area contributed by atoms with Gasteiger partial charge in [0.15, 0.2) is 5.96 Å². The second-order valence-electron chi connectivity index (χ2n) is 3.85. The molecule has 0 aliphatic heterocycles. The van der Waals surface area contributed by atoms with Crippen molar-refractivity contribution in [1.29, 1.82) is 0 Å². The molecule has 1 rings (SSSR count). The van der Waals surface area contributed by atoms with Gasteiger partial charge in [-0.3, -0.25) is 0 Å². The van der Waals surface area contributed by atoms with E-state index in [1.165, 1.54) is 0 Å². The number of rotatable bonds is 6. The van der Waals surface area contributed by atoms with Gasteiger partial charge in [-0.25, -0.2) is 4.99 Å². The minimum Gasteiger partial charge on any atom is -0.383 e. The number of hydrogen-bond acceptors (Lipinski definition) is 2. The summed E-state index contributed by atoms with van der Waals surface area (Å²) in [6.07, 6.45) is 0. The number of guanidine groups is 1. The van der Waals surface area contributed by atoms with E-state index in [0.29, 0.717) is 18.2 Å². The lowest BCUT2D eigenvalue weighted by Crippen LogP contribution is -2.38. The zero-order valence-electron chi connectivity index (χ0n) is 11.6. The Hall–Kier alpha value is -0.0500. The lowest BCUT2D eigenvalue weighted by Gasteiger charge is -2.11. The highest BCUT2D eigenvalue weighted by molar-refractivity contribution is 14.0. The number of benzene rings is 1. The first-order valence-corrected chi connectivity index (χ1v) is 7.29. The molecule has 20 heavy (non-hydrogen) atoms. The summed E-state index contributed by atoms with van der Waals surface area (Å²) in [7, 11) is 1.67. The molecule has 1 aromatic rings. The number of halogens is 3. The molecule has 0 unspecified atom stereocenters. The van der Waals surface area contributed by atoms with Crippen LogP contribution in [-0.2, 0) is 11.3 Å². The average molecular weight is 477 g/mol. The van der Waals surface area contributed by atoms with Gasteiger partial charge in [-0.05, 0) is 24.6 Å². The molecule has 0 fully saturated rings. The van der Waals surface area contributed by atoms with Crippen molar-refractivity contribution in [2.75, 3.05) is 26.8 Å². The highest BCUT2D eigenvalue weighted by Gasteiger charge is 2.01. The number of methoxy groups -OCH3 is 1. The average Bonchev–Trinajstić information content (AvgIpc) is 2.37. The molecule has 0 atom stereocenters. The van der Waals surface area contributed by atoms with Crippen LogP contribution >= 0.6 is 51.5 Å². The van der Waals surface area contributed by atoms with Crippen LogP contribution in [0.4, 0.5) is 0 Å². The van der Waals surface area contributed by atoms with Crippen molar-refractivity contribution in [2.45, 2.75) is 13.5 Å². The fourth-order valence-electron chi connectivity index (χ4n) is 1.43. The predicted molar refractivity (Wildman–Crippen MR) is 99.3 cm³/mol. The summed E-state index contributed by atoms with van der Waals surface area (Å²) >= 11 is 9.54. The molecule has 0 heterocycles. The van der Waals surface area contributed by atoms with E-state index in [1.807, 2.05) is 25.1 Å². The third-order valence-corrected chi connectivity index (χ3v) is 3.21. The van der Waals surface area contributed by atoms with Crippen LogP contribution < -0.4 is 10.6 Å². The van der Waals surface area contributed by atoms with Gasteiger partial charge in [-0.1, -0.05) is 33.6 Å². The Morgan fingerprint density at radius 3 is 2.75 bits per heavy atom. The van der Waals surface area contributed by atoms with Crippen molar-refractivity contribution in [1.82, 2.24) is 10.6 Å². The van der Waals surface area contributed by atoms with E-state index in [-0.39, 0.29) is 24.0 Å². The van der Waals surface area contributed by atoms with Crippen molar-refractivity contribution in [2.24, 2.45) is 4.99 Å². The minimum absolute atomic E-state index is 0. The lowest BCUT2D eigenvalue weighted by molar-refractivity contribution is 0.203. The molecule has 0 amide bonds. The minimum atomic E-state index is 0. The summed E-state index contributed by atoms with van der Waals surface area (Å²) in [6, 6.07) is 5.80. The van der Waals surface area contributed by atoms with Gasteiger partial charge in [-0.2, -0.15) is 0 Å². The number of aliphatic imine (C=N–C) groups is 1. The summed E-state index contributed by atoms with van der Waals surface area (Å²) < 4.78 is 5.96. The summed E-state index contributed by atoms with van der Waals surface area (Å²) in [6.45, 7) is 4.74. The quantitative estimate of drug-likeness (QED) is 0.286. The van der Waals surface area contributed by atoms with Gasteiger partial charge in [0.05, 0.1) is 13.2 Å². The van der Waals surface area contributed by atoms with Crippen molar-refractivity contribution in [3.05, 3.63) is 33.3 Å². The van der Waals surface area contributed by atoms with Crippen molar-refractivity contribution in [3.8, 4) is 0 Å². The monoisotopic (exact) mass is 475 g/mol. The first-order valence-electron chi connectivity index (χ1n) is 6.12. The van der Waals surface area contributed by atoms with E-state index in [0.717, 1.165) is 29.1 Å². The summed E-state index contributed by atoms with van der Waals surface area (Å²) in [5, 5.41) is 7.07. The second-order valence-corrected chi connectivity index (χ2v) is 5.17. The normalized spacial score (nSPS) is 10.9. The highest BCUT2D eigenvalue weighted by Crippen LogP contribution is 2.21. The van der Waals surface area contributed by atoms with Crippen LogP contribution in [0.5, 0.6) is 0 Å². The van der Waals surface area contributed by atoms with E-state index < -0.39 is 0 Å². The number of nitrogens with zero attached hydrogens (tertiary/aromatic N) is 1. The highest BCUT2D eigenvalue weighted by atomic mass is 127. The molecule has 7 heteroatoms. The molecule has 0 aromatic heterocycles. The molecule has 0 bridgehead atoms. The largest absolute Gasteiger partial charge is 0.383 e. The molecular weight excluding hydrogens is 456 g/mol. The van der Waals surface area contributed by atoms with Crippen LogP contribution in [-0.4, -0.2) is 32.8 Å². The molecule has 0 aliphatic rings. The Kier molecular flexibility index (Phi) is 11.6. The number of hydrogen-bond donors (Lipinski definition) is 2. The van der Waals surface area contributed by atoms with E-state index in [1.54, 1.807) is 7.11 Å². The maximum absolute atomic E-state index is 6.16. The third-order valence-electron chi connectivity index (χ3n) is 2.37. The fraction of sp³-hybridized carbons (Fsp3) is 0.462. The summed E-state index contributed by atoms with van der Waals surface area (Å²) in [5.41, 5.74) is 0.994. The fourth-order valence-corrected chi connectivity index (χ4v) is 2.16. The molecule has 0 aliphatic carbocycles. The van der Waals surface area contributed by atoms with Gasteiger partial charge >= 0.3 is 0 Å². The van der Waals surface area contributed by atoms with Crippen molar-refractivity contribution < 1.29 is 4.74 Å². The van der Waals surface area contributed by atoms with Gasteiger partial charge in [0.1, 0.15) is 0 Å². The van der Waals surface area contributed by atoms with Crippen LogP contribution in [0.1, 0.15) is 12.5 Å². The van der Waals surface area contributed by atoms with Gasteiger partial charge in [0, 0.05) is 29.7 Å². The molecule has 0 radical (unpaired) electrons. The third kappa shape index (κ3) is 7.66. The molecule has 0 saturated heterocycles. The van der Waals surface area contributed by atoms with Crippen LogP contribution in [0.15, 0.2) is 27.7 Å². The molecule has 2 N–H and O–H groups in total. The summed E-state index contributed by atoms with van der Waals surface area (Å²) in [4.78, 5) is 4.49. The smallest absolute Gasteiger partial charge is 0.191 e. The van der Waals surface area contributed by atoms with E-state index in [9.17, 15) is 0 Å². The van der Waals surface area contributed by atoms with Crippen LogP contribution in [0.2, 0.25) is 5.02 Å². The predicted octanol–water partition coefficient (Wildman–Crippen LogP) is 3.42. The Morgan fingerprint density at radius 1 is 1.40 bits per heavy atom. The maximum atomic E-state index is 6.16. The molecule has 114 valence electrons. The van der Waals surface area contributed by atoms with Crippen LogP contribution in [0, 0.1) is 0 Å². The van der Waals surface area contributed by atoms with Gasteiger partial charge in [0.2, 0.25) is 0 Å². The Bertz CT molecular complexity index is 432. The molecule has 0 spiro atoms. The second kappa shape index (κ2) is 11.6. The number of nitrogens with one attached hydrogen (secondary N) is 2. The van der Waals surface area contributed by atoms with Gasteiger partial charge in [-0.15, -0.1) is 24.0 Å². The van der Waals surface area contributed by atoms with E-state index in [2.05, 4.69) is 31.6 Å². The SMILES string of the molecule is CCNC(=NCc1ccc(Br)cc1Cl)NCCOC.I. The van der Waals surface area contributed by atoms with Gasteiger partial charge < -0.3 is 15.4 Å². The zero-order chi connectivity index (χ0) is 14.1. The molecule has 4 nitrogen and oxygen atoms in total. The van der Waals surface area contributed by atoms with E-state index >= 15 is 0 Å². The van der Waals surface area contributed by atoms with Gasteiger partial charge in [0.25, 0.3) is 0 Å². The van der Waals surface area contributed by atoms with Crippen LogP contribution in [0.25, 0.3) is 0 Å². The molecule has 0 saturated carbocycles. The topological polar surface area (TPSA) is 45.7 Å². The first kappa shape index (κ1) is 19.9. The van der Waals surface area contributed by atoms with Crippen molar-refractivity contribution >= 4 is 57.5 Å². The van der Waals surface area contributed by atoms with E-state index in [4.69, 9.17) is 16.3 Å². The molecule has 1 aromatic carbocycles. The standard InChI is InChI=1S/C13H19BrClN3O.HI/c1-3-16-13(17-6-7-19-2)18-9-10-4-5-11(14)8-12(10)15;/h4-5,8H,3,6-7,9H2,1-2H3,(H2,16,17,18);1H. The summed E-state index contributed by atoms with van der Waals surface area (Å²) in [5.74, 6) is 0.763. The van der Waals surface area contributed by atoms with Crippen molar-refractivity contribution in [3.63, 3.8) is 0 Å². The zero-order valence-corrected chi connectivity index (χ0v) is 16.3. The Labute approximate surface area is 150 Å².